The van der Waals surface area contributed by atoms with Crippen LogP contribution in [0.1, 0.15) is 0 Å². The summed E-state index contributed by atoms with van der Waals surface area (Å²) in [6, 6.07) is 5.23. The Balaban J connectivity index is 2.37. The fourth-order valence-electron chi connectivity index (χ4n) is 1.37. The van der Waals surface area contributed by atoms with E-state index in [0.717, 1.165) is 11.3 Å². The third kappa shape index (κ3) is 2.90. The molecule has 1 aromatic carbocycles. The van der Waals surface area contributed by atoms with E-state index in [1.54, 1.807) is 0 Å². The van der Waals surface area contributed by atoms with Gasteiger partial charge in [-0.1, -0.05) is 0 Å². The Morgan fingerprint density at radius 1 is 1.18 bits per heavy atom. The smallest absolute Gasteiger partial charge is 0.423 e. The van der Waals surface area contributed by atoms with E-state index in [9.17, 15) is 13.2 Å². The van der Waals surface area contributed by atoms with E-state index in [1.807, 2.05) is 0 Å². The lowest BCUT2D eigenvalue weighted by atomic mass is 9.89. The van der Waals surface area contributed by atoms with Gasteiger partial charge < -0.3 is 14.8 Å². The predicted molar refractivity (Wildman–Crippen MR) is 58.3 cm³/mol. The van der Waals surface area contributed by atoms with Crippen molar-refractivity contribution in [2.24, 2.45) is 0 Å². The molecule has 0 unspecified atom stereocenters. The number of hydrogen-bond acceptors (Lipinski definition) is 4. The second-order valence-electron chi connectivity index (χ2n) is 3.27. The third-order valence-corrected chi connectivity index (χ3v) is 3.15. The molecule has 90 valence electrons. The first-order valence-electron chi connectivity index (χ1n) is 4.50. The van der Waals surface area contributed by atoms with Crippen LogP contribution in [0.5, 0.6) is 5.75 Å². The van der Waals surface area contributed by atoms with Gasteiger partial charge in [-0.05, 0) is 29.7 Å². The molecule has 3 nitrogen and oxygen atoms in total. The summed E-state index contributed by atoms with van der Waals surface area (Å²) in [6.45, 7) is 0. The van der Waals surface area contributed by atoms with Crippen LogP contribution in [0, 0.1) is 0 Å². The molecule has 0 spiro atoms. The zero-order valence-electron chi connectivity index (χ0n) is 8.23. The van der Waals surface area contributed by atoms with E-state index in [-0.39, 0.29) is 10.5 Å². The highest BCUT2D eigenvalue weighted by atomic mass is 32.1. The van der Waals surface area contributed by atoms with Crippen LogP contribution in [0.3, 0.4) is 0 Å². The molecule has 17 heavy (non-hydrogen) atoms. The van der Waals surface area contributed by atoms with Crippen LogP contribution in [-0.2, 0) is 0 Å². The van der Waals surface area contributed by atoms with Crippen molar-refractivity contribution in [3.05, 3.63) is 24.3 Å². The second-order valence-corrected chi connectivity index (χ2v) is 4.39. The molecule has 1 heterocycles. The maximum Gasteiger partial charge on any atom is 0.573 e. The lowest BCUT2D eigenvalue weighted by molar-refractivity contribution is -0.274. The van der Waals surface area contributed by atoms with E-state index in [2.05, 4.69) is 4.74 Å². The number of rotatable bonds is 2. The van der Waals surface area contributed by atoms with Crippen molar-refractivity contribution >= 4 is 33.3 Å². The molecule has 1 aromatic heterocycles. The quantitative estimate of drug-likeness (QED) is 0.806. The van der Waals surface area contributed by atoms with Crippen LogP contribution in [0.4, 0.5) is 13.2 Å². The number of alkyl halides is 3. The molecule has 2 aromatic rings. The highest BCUT2D eigenvalue weighted by Gasteiger charge is 2.31. The van der Waals surface area contributed by atoms with Gasteiger partial charge >= 0.3 is 13.5 Å². The Morgan fingerprint density at radius 2 is 1.88 bits per heavy atom. The summed E-state index contributed by atoms with van der Waals surface area (Å²) in [5.41, 5.74) is 0. The topological polar surface area (TPSA) is 49.7 Å². The van der Waals surface area contributed by atoms with Crippen molar-refractivity contribution in [3.8, 4) is 5.75 Å². The van der Waals surface area contributed by atoms with Crippen molar-refractivity contribution in [2.75, 3.05) is 0 Å². The largest absolute Gasteiger partial charge is 0.573 e. The number of thiophene rings is 1. The first-order valence-corrected chi connectivity index (χ1v) is 5.32. The van der Waals surface area contributed by atoms with Gasteiger partial charge in [0.05, 0.1) is 0 Å². The summed E-state index contributed by atoms with van der Waals surface area (Å²) in [5.74, 6) is -0.332. The molecular formula is C9H6BF3O3S. The molecule has 0 saturated carbocycles. The molecule has 0 fully saturated rings. The Morgan fingerprint density at radius 3 is 2.47 bits per heavy atom. The van der Waals surface area contributed by atoms with E-state index in [0.29, 0.717) is 10.1 Å². The zero-order chi connectivity index (χ0) is 12.6. The standard InChI is InChI=1S/C9H6BF3O3S/c11-9(12,13)16-6-1-2-7-5(3-6)4-8(17-7)10(14)15/h1-4,14-15H. The number of hydrogen-bond donors (Lipinski definition) is 2. The minimum Gasteiger partial charge on any atom is -0.423 e. The molecule has 2 rings (SSSR count). The lowest BCUT2D eigenvalue weighted by Crippen LogP contribution is -2.26. The number of fused-ring (bicyclic) bond motifs is 1. The van der Waals surface area contributed by atoms with Gasteiger partial charge in [-0.3, -0.25) is 0 Å². The SMILES string of the molecule is OB(O)c1cc2cc(OC(F)(F)F)ccc2s1. The van der Waals surface area contributed by atoms with Crippen LogP contribution in [0.15, 0.2) is 24.3 Å². The molecule has 0 radical (unpaired) electrons. The van der Waals surface area contributed by atoms with Crippen LogP contribution >= 0.6 is 11.3 Å². The summed E-state index contributed by atoms with van der Waals surface area (Å²) >= 11 is 1.10. The van der Waals surface area contributed by atoms with Crippen LogP contribution in [-0.4, -0.2) is 23.5 Å². The van der Waals surface area contributed by atoms with Crippen molar-refractivity contribution < 1.29 is 28.0 Å². The Labute approximate surface area is 98.2 Å². The average molecular weight is 262 g/mol. The fourth-order valence-corrected chi connectivity index (χ4v) is 2.28. The van der Waals surface area contributed by atoms with E-state index in [1.165, 1.54) is 24.3 Å². The van der Waals surface area contributed by atoms with E-state index >= 15 is 0 Å². The summed E-state index contributed by atoms with van der Waals surface area (Å²) in [4.78, 5) is 0. The van der Waals surface area contributed by atoms with Crippen molar-refractivity contribution in [3.63, 3.8) is 0 Å². The van der Waals surface area contributed by atoms with Crippen LogP contribution in [0.2, 0.25) is 0 Å². The molecule has 8 heteroatoms. The normalized spacial score (nSPS) is 11.8. The van der Waals surface area contributed by atoms with Gasteiger partial charge in [-0.15, -0.1) is 24.5 Å². The molecule has 2 N–H and O–H groups in total. The zero-order valence-corrected chi connectivity index (χ0v) is 9.05. The molecule has 0 aliphatic carbocycles. The summed E-state index contributed by atoms with van der Waals surface area (Å²) in [6.07, 6.45) is -4.73. The van der Waals surface area contributed by atoms with Gasteiger partial charge in [0.25, 0.3) is 0 Å². The predicted octanol–water partition coefficient (Wildman–Crippen LogP) is 1.48. The average Bonchev–Trinajstić information content (AvgIpc) is 2.57. The van der Waals surface area contributed by atoms with Gasteiger partial charge in [0, 0.05) is 9.48 Å². The first kappa shape index (κ1) is 12.2. The lowest BCUT2D eigenvalue weighted by Gasteiger charge is -2.08. The molecule has 0 aliphatic heterocycles. The van der Waals surface area contributed by atoms with E-state index < -0.39 is 13.5 Å². The molecule has 0 atom stereocenters. The first-order chi connectivity index (χ1) is 7.85. The Hall–Kier alpha value is -1.25. The minimum absolute atomic E-state index is 0.268. The summed E-state index contributed by atoms with van der Waals surface area (Å²) in [5, 5.41) is 18.3. The molecule has 0 saturated heterocycles. The monoisotopic (exact) mass is 262 g/mol. The number of ether oxygens (including phenoxy) is 1. The summed E-state index contributed by atoms with van der Waals surface area (Å²) < 4.78 is 40.6. The van der Waals surface area contributed by atoms with E-state index in [4.69, 9.17) is 10.0 Å². The third-order valence-electron chi connectivity index (χ3n) is 1.99. The highest BCUT2D eigenvalue weighted by Crippen LogP contribution is 2.28. The number of benzene rings is 1. The maximum atomic E-state index is 12.0. The Bertz CT molecular complexity index is 538. The van der Waals surface area contributed by atoms with Crippen LogP contribution < -0.4 is 9.51 Å². The summed E-state index contributed by atoms with van der Waals surface area (Å²) in [7, 11) is -1.63. The molecule has 0 bridgehead atoms. The van der Waals surface area contributed by atoms with Crippen LogP contribution in [0.25, 0.3) is 10.1 Å². The molecule has 0 aliphatic rings. The minimum atomic E-state index is -4.73. The maximum absolute atomic E-state index is 12.0. The van der Waals surface area contributed by atoms with Gasteiger partial charge in [-0.25, -0.2) is 0 Å². The van der Waals surface area contributed by atoms with Crippen molar-refractivity contribution in [1.29, 1.82) is 0 Å². The van der Waals surface area contributed by atoms with Crippen molar-refractivity contribution in [2.45, 2.75) is 6.36 Å². The molecular weight excluding hydrogens is 256 g/mol. The van der Waals surface area contributed by atoms with Gasteiger partial charge in [0.15, 0.2) is 0 Å². The van der Waals surface area contributed by atoms with Gasteiger partial charge in [0.1, 0.15) is 5.75 Å². The fraction of sp³-hybridized carbons (Fsp3) is 0.111. The highest BCUT2D eigenvalue weighted by molar-refractivity contribution is 7.27. The van der Waals surface area contributed by atoms with Gasteiger partial charge in [0.2, 0.25) is 0 Å². The van der Waals surface area contributed by atoms with Gasteiger partial charge in [-0.2, -0.15) is 0 Å². The number of halogens is 3. The Kier molecular flexibility index (Phi) is 3.02. The second kappa shape index (κ2) is 4.21. The van der Waals surface area contributed by atoms with Crippen molar-refractivity contribution in [1.82, 2.24) is 0 Å². The molecule has 0 amide bonds.